The highest BCUT2D eigenvalue weighted by atomic mass is 35.5. The van der Waals surface area contributed by atoms with Crippen molar-refractivity contribution in [2.24, 2.45) is 0 Å². The van der Waals surface area contributed by atoms with E-state index >= 15 is 0 Å². The van der Waals surface area contributed by atoms with Crippen LogP contribution in [0.2, 0.25) is 4.34 Å². The SMILES string of the molecule is O=C(O)OC1CN(C(=O)c2ccc(Cl)s2)CO1. The van der Waals surface area contributed by atoms with Crippen LogP contribution < -0.4 is 0 Å². The highest BCUT2D eigenvalue weighted by molar-refractivity contribution is 7.17. The molecule has 0 aliphatic carbocycles. The van der Waals surface area contributed by atoms with Crippen LogP contribution in [0.5, 0.6) is 0 Å². The fourth-order valence-electron chi connectivity index (χ4n) is 1.37. The monoisotopic (exact) mass is 277 g/mol. The maximum absolute atomic E-state index is 11.9. The molecule has 1 unspecified atom stereocenters. The number of amides is 1. The highest BCUT2D eigenvalue weighted by Gasteiger charge is 2.30. The molecular weight excluding hydrogens is 270 g/mol. The Morgan fingerprint density at radius 3 is 2.94 bits per heavy atom. The van der Waals surface area contributed by atoms with E-state index in [9.17, 15) is 9.59 Å². The van der Waals surface area contributed by atoms with Crippen LogP contribution in [0.3, 0.4) is 0 Å². The number of halogens is 1. The predicted octanol–water partition coefficient (Wildman–Crippen LogP) is 1.85. The Hall–Kier alpha value is -1.31. The lowest BCUT2D eigenvalue weighted by Gasteiger charge is -2.11. The van der Waals surface area contributed by atoms with Crippen LogP contribution in [0.15, 0.2) is 12.1 Å². The molecule has 2 heterocycles. The van der Waals surface area contributed by atoms with Gasteiger partial charge in [0.05, 0.1) is 15.8 Å². The molecule has 0 saturated carbocycles. The minimum absolute atomic E-state index is 0.00625. The summed E-state index contributed by atoms with van der Waals surface area (Å²) in [5.41, 5.74) is 0. The van der Waals surface area contributed by atoms with Crippen molar-refractivity contribution >= 4 is 35.0 Å². The van der Waals surface area contributed by atoms with Gasteiger partial charge in [-0.05, 0) is 12.1 Å². The summed E-state index contributed by atoms with van der Waals surface area (Å²) < 4.78 is 9.93. The molecule has 2 rings (SSSR count). The number of nitrogens with zero attached hydrogens (tertiary/aromatic N) is 1. The first kappa shape index (κ1) is 12.2. The lowest BCUT2D eigenvalue weighted by Crippen LogP contribution is -2.30. The van der Waals surface area contributed by atoms with Crippen LogP contribution in [0, 0.1) is 0 Å². The standard InChI is InChI=1S/C9H8ClNO5S/c10-6-2-1-5(17-6)8(12)11-3-7(15-4-11)16-9(13)14/h1-2,7H,3-4H2,(H,13,14). The van der Waals surface area contributed by atoms with E-state index < -0.39 is 12.4 Å². The van der Waals surface area contributed by atoms with Gasteiger partial charge in [0.1, 0.15) is 6.73 Å². The minimum atomic E-state index is -1.43. The summed E-state index contributed by atoms with van der Waals surface area (Å²) in [6.07, 6.45) is -2.35. The van der Waals surface area contributed by atoms with Gasteiger partial charge in [0.2, 0.25) is 6.29 Å². The van der Waals surface area contributed by atoms with Gasteiger partial charge in [-0.2, -0.15) is 0 Å². The molecule has 0 radical (unpaired) electrons. The van der Waals surface area contributed by atoms with Crippen LogP contribution in [-0.4, -0.2) is 41.6 Å². The molecule has 1 atom stereocenters. The fourth-order valence-corrected chi connectivity index (χ4v) is 2.38. The maximum Gasteiger partial charge on any atom is 0.508 e. The number of hydrogen-bond acceptors (Lipinski definition) is 5. The van der Waals surface area contributed by atoms with Crippen LogP contribution >= 0.6 is 22.9 Å². The van der Waals surface area contributed by atoms with Gasteiger partial charge in [-0.25, -0.2) is 4.79 Å². The first-order valence-corrected chi connectivity index (χ1v) is 5.81. The molecule has 1 N–H and O–H groups in total. The molecule has 8 heteroatoms. The summed E-state index contributed by atoms with van der Waals surface area (Å²) in [6.45, 7) is 0.0902. The van der Waals surface area contributed by atoms with Crippen molar-refractivity contribution in [2.45, 2.75) is 6.29 Å². The second kappa shape index (κ2) is 4.91. The fraction of sp³-hybridized carbons (Fsp3) is 0.333. The quantitative estimate of drug-likeness (QED) is 0.835. The number of rotatable bonds is 2. The summed E-state index contributed by atoms with van der Waals surface area (Å²) in [5, 5.41) is 8.40. The van der Waals surface area contributed by atoms with Crippen molar-refractivity contribution < 1.29 is 24.2 Å². The zero-order valence-corrected chi connectivity index (χ0v) is 10.0. The summed E-state index contributed by atoms with van der Waals surface area (Å²) in [5.74, 6) is -0.251. The van der Waals surface area contributed by atoms with Gasteiger partial charge in [0.15, 0.2) is 0 Å². The Morgan fingerprint density at radius 2 is 2.35 bits per heavy atom. The molecule has 1 saturated heterocycles. The zero-order valence-electron chi connectivity index (χ0n) is 8.46. The Morgan fingerprint density at radius 1 is 1.59 bits per heavy atom. The van der Waals surface area contributed by atoms with Crippen molar-refractivity contribution in [1.82, 2.24) is 4.90 Å². The van der Waals surface area contributed by atoms with Crippen molar-refractivity contribution in [3.8, 4) is 0 Å². The molecular formula is C9H8ClNO5S. The molecule has 1 fully saturated rings. The van der Waals surface area contributed by atoms with Crippen molar-refractivity contribution in [2.75, 3.05) is 13.3 Å². The van der Waals surface area contributed by atoms with Gasteiger partial charge in [0, 0.05) is 0 Å². The Bertz CT molecular complexity index is 448. The molecule has 6 nitrogen and oxygen atoms in total. The molecule has 1 amide bonds. The lowest BCUT2D eigenvalue weighted by molar-refractivity contribution is -0.0783. The second-order valence-electron chi connectivity index (χ2n) is 3.24. The first-order chi connectivity index (χ1) is 8.06. The molecule has 1 aromatic rings. The number of thiophene rings is 1. The number of carboxylic acid groups (broad SMARTS) is 1. The number of carbonyl (C=O) groups excluding carboxylic acids is 1. The lowest BCUT2D eigenvalue weighted by atomic mass is 10.4. The third kappa shape index (κ3) is 2.87. The Labute approximate surface area is 105 Å². The van der Waals surface area contributed by atoms with Crippen molar-refractivity contribution in [3.05, 3.63) is 21.3 Å². The van der Waals surface area contributed by atoms with Crippen molar-refractivity contribution in [3.63, 3.8) is 0 Å². The third-order valence-corrected chi connectivity index (χ3v) is 3.31. The molecule has 0 spiro atoms. The summed E-state index contributed by atoms with van der Waals surface area (Å²) >= 11 is 6.88. The molecule has 1 aliphatic rings. The average Bonchev–Trinajstić information content (AvgIpc) is 2.85. The van der Waals surface area contributed by atoms with E-state index in [0.29, 0.717) is 9.21 Å². The number of ether oxygens (including phenoxy) is 2. The predicted molar refractivity (Wildman–Crippen MR) is 59.2 cm³/mol. The van der Waals surface area contributed by atoms with E-state index in [1.807, 2.05) is 0 Å². The first-order valence-electron chi connectivity index (χ1n) is 4.62. The van der Waals surface area contributed by atoms with Crippen molar-refractivity contribution in [1.29, 1.82) is 0 Å². The summed E-state index contributed by atoms with van der Waals surface area (Å²) in [7, 11) is 0. The van der Waals surface area contributed by atoms with Crippen LogP contribution in [0.4, 0.5) is 4.79 Å². The smallest absolute Gasteiger partial charge is 0.450 e. The summed E-state index contributed by atoms with van der Waals surface area (Å²) in [6, 6.07) is 3.24. The maximum atomic E-state index is 11.9. The van der Waals surface area contributed by atoms with E-state index in [0.717, 1.165) is 11.3 Å². The zero-order chi connectivity index (χ0) is 12.4. The third-order valence-electron chi connectivity index (χ3n) is 2.09. The van der Waals surface area contributed by atoms with E-state index in [1.165, 1.54) is 4.90 Å². The average molecular weight is 278 g/mol. The van der Waals surface area contributed by atoms with Gasteiger partial charge in [0.25, 0.3) is 5.91 Å². The normalized spacial score (nSPS) is 19.4. The molecule has 0 bridgehead atoms. The highest BCUT2D eigenvalue weighted by Crippen LogP contribution is 2.24. The van der Waals surface area contributed by atoms with E-state index in [4.69, 9.17) is 21.4 Å². The molecule has 17 heavy (non-hydrogen) atoms. The molecule has 92 valence electrons. The Kier molecular flexibility index (Phi) is 3.51. The van der Waals surface area contributed by atoms with Crippen LogP contribution in [-0.2, 0) is 9.47 Å². The number of carbonyl (C=O) groups is 2. The molecule has 0 aromatic carbocycles. The van der Waals surface area contributed by atoms with Crippen LogP contribution in [0.1, 0.15) is 9.67 Å². The van der Waals surface area contributed by atoms with E-state index in [-0.39, 0.29) is 19.2 Å². The summed E-state index contributed by atoms with van der Waals surface area (Å²) in [4.78, 5) is 24.0. The van der Waals surface area contributed by atoms with E-state index in [2.05, 4.69) is 4.74 Å². The van der Waals surface area contributed by atoms with Gasteiger partial charge in [-0.1, -0.05) is 11.6 Å². The van der Waals surface area contributed by atoms with Gasteiger partial charge in [-0.3, -0.25) is 4.79 Å². The van der Waals surface area contributed by atoms with E-state index in [1.54, 1.807) is 12.1 Å². The molecule has 1 aliphatic heterocycles. The Balaban J connectivity index is 1.96. The largest absolute Gasteiger partial charge is 0.508 e. The van der Waals surface area contributed by atoms with Gasteiger partial charge >= 0.3 is 6.16 Å². The second-order valence-corrected chi connectivity index (χ2v) is 4.96. The topological polar surface area (TPSA) is 76.1 Å². The number of hydrogen-bond donors (Lipinski definition) is 1. The van der Waals surface area contributed by atoms with Gasteiger partial charge in [-0.15, -0.1) is 11.3 Å². The molecule has 1 aromatic heterocycles. The minimum Gasteiger partial charge on any atom is -0.450 e. The van der Waals surface area contributed by atoms with Crippen LogP contribution in [0.25, 0.3) is 0 Å². The van der Waals surface area contributed by atoms with Gasteiger partial charge < -0.3 is 19.5 Å².